The summed E-state index contributed by atoms with van der Waals surface area (Å²) in [6, 6.07) is 0. The molecule has 0 aliphatic heterocycles. The highest BCUT2D eigenvalue weighted by Crippen LogP contribution is 2.00. The van der Waals surface area contributed by atoms with Crippen LogP contribution in [0.1, 0.15) is 19.5 Å². The number of nitrogens with zero attached hydrogens (tertiary/aromatic N) is 5. The zero-order valence-corrected chi connectivity index (χ0v) is 13.6. The molecule has 0 radical (unpaired) electrons. The van der Waals surface area contributed by atoms with Gasteiger partial charge in [0.1, 0.15) is 0 Å². The average Bonchev–Trinajstić information content (AvgIpc) is 2.80. The molecule has 6 heteroatoms. The van der Waals surface area contributed by atoms with E-state index in [0.29, 0.717) is 5.92 Å². The Morgan fingerprint density at radius 3 is 2.60 bits per heavy atom. The molecule has 1 aromatic heterocycles. The monoisotopic (exact) mass is 282 g/mol. The first-order valence-electron chi connectivity index (χ1n) is 7.42. The van der Waals surface area contributed by atoms with Gasteiger partial charge in [-0.2, -0.15) is 0 Å². The van der Waals surface area contributed by atoms with Crippen molar-refractivity contribution in [3.8, 4) is 0 Å². The number of hydrogen-bond donors (Lipinski definition) is 1. The van der Waals surface area contributed by atoms with Crippen LogP contribution in [0, 0.1) is 5.92 Å². The summed E-state index contributed by atoms with van der Waals surface area (Å²) in [5, 5.41) is 11.4. The van der Waals surface area contributed by atoms with Crippen LogP contribution in [0.25, 0.3) is 0 Å². The molecule has 0 amide bonds. The maximum absolute atomic E-state index is 4.17. The van der Waals surface area contributed by atoms with Crippen molar-refractivity contribution in [3.05, 3.63) is 11.9 Å². The van der Waals surface area contributed by atoms with Gasteiger partial charge in [-0.1, -0.05) is 19.1 Å². The standard InChI is InChI=1S/C14H30N6/c1-13(2)11-19(7-6-18(4)5)8-9-20-12-14(10-15-3)16-17-20/h12-13,15H,6-11H2,1-5H3. The van der Waals surface area contributed by atoms with E-state index < -0.39 is 0 Å². The lowest BCUT2D eigenvalue weighted by atomic mass is 10.2. The van der Waals surface area contributed by atoms with E-state index in [-0.39, 0.29) is 0 Å². The third-order valence-corrected chi connectivity index (χ3v) is 3.08. The van der Waals surface area contributed by atoms with E-state index in [4.69, 9.17) is 0 Å². The minimum Gasteiger partial charge on any atom is -0.314 e. The van der Waals surface area contributed by atoms with Crippen molar-refractivity contribution in [1.29, 1.82) is 0 Å². The van der Waals surface area contributed by atoms with Crippen molar-refractivity contribution in [2.24, 2.45) is 5.92 Å². The van der Waals surface area contributed by atoms with Gasteiger partial charge in [-0.05, 0) is 27.1 Å². The predicted octanol–water partition coefficient (Wildman–Crippen LogP) is 0.517. The van der Waals surface area contributed by atoms with Crippen molar-refractivity contribution in [2.45, 2.75) is 26.9 Å². The summed E-state index contributed by atoms with van der Waals surface area (Å²) < 4.78 is 1.94. The van der Waals surface area contributed by atoms with Gasteiger partial charge in [0.2, 0.25) is 0 Å². The van der Waals surface area contributed by atoms with Crippen LogP contribution in [0.4, 0.5) is 0 Å². The molecule has 0 spiro atoms. The Bertz CT molecular complexity index is 360. The fourth-order valence-electron chi connectivity index (χ4n) is 2.11. The topological polar surface area (TPSA) is 49.2 Å². The van der Waals surface area contributed by atoms with Gasteiger partial charge < -0.3 is 10.2 Å². The molecule has 0 aromatic carbocycles. The van der Waals surface area contributed by atoms with Gasteiger partial charge in [0.05, 0.1) is 12.2 Å². The molecule has 0 aliphatic rings. The van der Waals surface area contributed by atoms with E-state index in [2.05, 4.69) is 53.4 Å². The highest BCUT2D eigenvalue weighted by atomic mass is 15.4. The zero-order chi connectivity index (χ0) is 15.0. The van der Waals surface area contributed by atoms with Gasteiger partial charge in [0.15, 0.2) is 0 Å². The molecule has 20 heavy (non-hydrogen) atoms. The van der Waals surface area contributed by atoms with Gasteiger partial charge in [-0.15, -0.1) is 5.10 Å². The van der Waals surface area contributed by atoms with Crippen LogP contribution in [0.3, 0.4) is 0 Å². The van der Waals surface area contributed by atoms with E-state index in [1.165, 1.54) is 0 Å². The normalized spacial score (nSPS) is 12.0. The van der Waals surface area contributed by atoms with Crippen molar-refractivity contribution in [3.63, 3.8) is 0 Å². The number of aromatic nitrogens is 3. The number of hydrogen-bond acceptors (Lipinski definition) is 5. The Morgan fingerprint density at radius 2 is 2.00 bits per heavy atom. The quantitative estimate of drug-likeness (QED) is 0.678. The minimum absolute atomic E-state index is 0.688. The molecule has 0 unspecified atom stereocenters. The third-order valence-electron chi connectivity index (χ3n) is 3.08. The Hall–Kier alpha value is -0.980. The molecular weight excluding hydrogens is 252 g/mol. The lowest BCUT2D eigenvalue weighted by molar-refractivity contribution is 0.209. The Kier molecular flexibility index (Phi) is 7.72. The average molecular weight is 282 g/mol. The minimum atomic E-state index is 0.688. The van der Waals surface area contributed by atoms with Crippen LogP contribution in [0.2, 0.25) is 0 Å². The maximum Gasteiger partial charge on any atom is 0.0964 e. The van der Waals surface area contributed by atoms with Crippen molar-refractivity contribution in [1.82, 2.24) is 30.1 Å². The summed E-state index contributed by atoms with van der Waals surface area (Å²) >= 11 is 0. The van der Waals surface area contributed by atoms with Crippen LogP contribution in [0.15, 0.2) is 6.20 Å². The Balaban J connectivity index is 2.42. The molecule has 1 heterocycles. The highest BCUT2D eigenvalue weighted by Gasteiger charge is 2.09. The van der Waals surface area contributed by atoms with E-state index in [1.807, 2.05) is 17.9 Å². The summed E-state index contributed by atoms with van der Waals surface area (Å²) in [6.07, 6.45) is 2.02. The van der Waals surface area contributed by atoms with Crippen molar-refractivity contribution < 1.29 is 0 Å². The second-order valence-corrected chi connectivity index (χ2v) is 6.00. The van der Waals surface area contributed by atoms with Crippen molar-refractivity contribution >= 4 is 0 Å². The highest BCUT2D eigenvalue weighted by molar-refractivity contribution is 4.91. The summed E-state index contributed by atoms with van der Waals surface area (Å²) in [4.78, 5) is 4.73. The molecule has 6 nitrogen and oxygen atoms in total. The zero-order valence-electron chi connectivity index (χ0n) is 13.6. The summed E-state index contributed by atoms with van der Waals surface area (Å²) in [5.74, 6) is 0.688. The molecular formula is C14H30N6. The van der Waals surface area contributed by atoms with E-state index in [0.717, 1.165) is 45.0 Å². The van der Waals surface area contributed by atoms with Crippen LogP contribution < -0.4 is 5.32 Å². The summed E-state index contributed by atoms with van der Waals surface area (Å²) in [7, 11) is 6.16. The fraction of sp³-hybridized carbons (Fsp3) is 0.857. The lowest BCUT2D eigenvalue weighted by Gasteiger charge is -2.25. The van der Waals surface area contributed by atoms with Crippen LogP contribution in [0.5, 0.6) is 0 Å². The first-order chi connectivity index (χ1) is 9.51. The maximum atomic E-state index is 4.17. The molecule has 0 aliphatic carbocycles. The van der Waals surface area contributed by atoms with Gasteiger partial charge in [-0.25, -0.2) is 0 Å². The largest absolute Gasteiger partial charge is 0.314 e. The van der Waals surface area contributed by atoms with E-state index in [9.17, 15) is 0 Å². The first kappa shape index (κ1) is 17.1. The summed E-state index contributed by atoms with van der Waals surface area (Å²) in [5.41, 5.74) is 0.996. The first-order valence-corrected chi connectivity index (χ1v) is 7.42. The Labute approximate surface area is 123 Å². The smallest absolute Gasteiger partial charge is 0.0964 e. The third kappa shape index (κ3) is 6.98. The van der Waals surface area contributed by atoms with E-state index in [1.54, 1.807) is 0 Å². The Morgan fingerprint density at radius 1 is 1.25 bits per heavy atom. The molecule has 0 saturated heterocycles. The number of likely N-dealkylation sites (N-methyl/N-ethyl adjacent to an activating group) is 1. The molecule has 0 bridgehead atoms. The molecule has 1 aromatic rings. The van der Waals surface area contributed by atoms with Gasteiger partial charge in [0, 0.05) is 38.9 Å². The van der Waals surface area contributed by atoms with Crippen LogP contribution in [-0.4, -0.2) is 72.1 Å². The van der Waals surface area contributed by atoms with Gasteiger partial charge in [-0.3, -0.25) is 9.58 Å². The van der Waals surface area contributed by atoms with Crippen molar-refractivity contribution in [2.75, 3.05) is 47.3 Å². The number of nitrogens with one attached hydrogen (secondary N) is 1. The molecule has 0 atom stereocenters. The fourth-order valence-corrected chi connectivity index (χ4v) is 2.11. The van der Waals surface area contributed by atoms with Gasteiger partial charge >= 0.3 is 0 Å². The lowest BCUT2D eigenvalue weighted by Crippen LogP contribution is -2.36. The molecule has 0 fully saturated rings. The SMILES string of the molecule is CNCc1cn(CCN(CCN(C)C)CC(C)C)nn1. The molecule has 1 rings (SSSR count). The summed E-state index contributed by atoms with van der Waals surface area (Å²) in [6.45, 7) is 10.6. The number of rotatable bonds is 10. The van der Waals surface area contributed by atoms with Gasteiger partial charge in [0.25, 0.3) is 0 Å². The molecule has 1 N–H and O–H groups in total. The second kappa shape index (κ2) is 9.05. The molecule has 0 saturated carbocycles. The van der Waals surface area contributed by atoms with E-state index >= 15 is 0 Å². The van der Waals surface area contributed by atoms with Crippen LogP contribution in [-0.2, 0) is 13.1 Å². The van der Waals surface area contributed by atoms with Crippen LogP contribution >= 0.6 is 0 Å². The second-order valence-electron chi connectivity index (χ2n) is 6.00. The predicted molar refractivity (Wildman–Crippen MR) is 82.6 cm³/mol. The molecule has 116 valence electrons.